The van der Waals surface area contributed by atoms with Crippen LogP contribution in [0.3, 0.4) is 0 Å². The molecular formula is C17H22IN3O5S. The Morgan fingerprint density at radius 2 is 1.70 bits per heavy atom. The smallest absolute Gasteiger partial charge is 0.323 e. The lowest BCUT2D eigenvalue weighted by atomic mass is 10.2. The van der Waals surface area contributed by atoms with E-state index in [2.05, 4.69) is 22.6 Å². The SMILES string of the molecule is O=C(O)[C@H]1CN(C(=O)CN2CCCC2)CCN1S(=O)(=O)c1ccc(I)cc1. The van der Waals surface area contributed by atoms with Crippen molar-refractivity contribution in [2.45, 2.75) is 23.8 Å². The molecule has 10 heteroatoms. The van der Waals surface area contributed by atoms with Gasteiger partial charge in [-0.25, -0.2) is 8.42 Å². The maximum atomic E-state index is 12.9. The van der Waals surface area contributed by atoms with Gasteiger partial charge in [-0.05, 0) is 72.8 Å². The first-order valence-corrected chi connectivity index (χ1v) is 11.3. The summed E-state index contributed by atoms with van der Waals surface area (Å²) < 4.78 is 27.7. The average molecular weight is 507 g/mol. The van der Waals surface area contributed by atoms with E-state index in [1.54, 1.807) is 12.1 Å². The Kier molecular flexibility index (Phi) is 6.39. The monoisotopic (exact) mass is 507 g/mol. The third-order valence-electron chi connectivity index (χ3n) is 4.95. The number of carboxylic acids is 1. The highest BCUT2D eigenvalue weighted by molar-refractivity contribution is 14.1. The van der Waals surface area contributed by atoms with Gasteiger partial charge in [-0.1, -0.05) is 0 Å². The first kappa shape index (κ1) is 20.5. The minimum atomic E-state index is -3.94. The summed E-state index contributed by atoms with van der Waals surface area (Å²) in [6.07, 6.45) is 2.13. The number of piperazine rings is 1. The van der Waals surface area contributed by atoms with Crippen LogP contribution in [0.5, 0.6) is 0 Å². The number of sulfonamides is 1. The van der Waals surface area contributed by atoms with E-state index < -0.39 is 22.0 Å². The molecule has 2 saturated heterocycles. The van der Waals surface area contributed by atoms with E-state index in [1.165, 1.54) is 17.0 Å². The van der Waals surface area contributed by atoms with Gasteiger partial charge in [0.2, 0.25) is 15.9 Å². The summed E-state index contributed by atoms with van der Waals surface area (Å²) in [5.74, 6) is -1.39. The molecule has 1 aromatic carbocycles. The molecule has 0 saturated carbocycles. The molecule has 2 fully saturated rings. The fourth-order valence-corrected chi connectivity index (χ4v) is 5.38. The van der Waals surface area contributed by atoms with Crippen molar-refractivity contribution in [2.75, 3.05) is 39.3 Å². The molecule has 1 amide bonds. The Hall–Kier alpha value is -1.24. The van der Waals surface area contributed by atoms with Crippen LogP contribution in [0, 0.1) is 3.57 Å². The quantitative estimate of drug-likeness (QED) is 0.589. The predicted octanol–water partition coefficient (Wildman–Crippen LogP) is 0.673. The van der Waals surface area contributed by atoms with Crippen LogP contribution >= 0.6 is 22.6 Å². The minimum absolute atomic E-state index is 0.0307. The summed E-state index contributed by atoms with van der Waals surface area (Å²) in [6, 6.07) is 4.99. The van der Waals surface area contributed by atoms with Gasteiger partial charge in [-0.15, -0.1) is 0 Å². The number of amides is 1. The second-order valence-corrected chi connectivity index (χ2v) is 9.88. The van der Waals surface area contributed by atoms with Crippen LogP contribution in [0.2, 0.25) is 0 Å². The number of rotatable bonds is 5. The van der Waals surface area contributed by atoms with Crippen molar-refractivity contribution in [1.29, 1.82) is 0 Å². The number of likely N-dealkylation sites (tertiary alicyclic amines) is 1. The molecule has 1 atom stereocenters. The molecule has 3 rings (SSSR count). The van der Waals surface area contributed by atoms with Crippen molar-refractivity contribution in [3.8, 4) is 0 Å². The molecule has 27 heavy (non-hydrogen) atoms. The molecule has 0 spiro atoms. The lowest BCUT2D eigenvalue weighted by Gasteiger charge is -2.38. The van der Waals surface area contributed by atoms with Crippen LogP contribution in [-0.4, -0.2) is 84.8 Å². The van der Waals surface area contributed by atoms with Crippen LogP contribution in [0.4, 0.5) is 0 Å². The molecule has 2 aliphatic rings. The van der Waals surface area contributed by atoms with Crippen LogP contribution in [-0.2, 0) is 19.6 Å². The third kappa shape index (κ3) is 4.61. The van der Waals surface area contributed by atoms with E-state index in [-0.39, 0.29) is 37.0 Å². The Morgan fingerprint density at radius 1 is 1.07 bits per heavy atom. The maximum absolute atomic E-state index is 12.9. The zero-order valence-electron chi connectivity index (χ0n) is 14.8. The largest absolute Gasteiger partial charge is 0.480 e. The van der Waals surface area contributed by atoms with Crippen molar-refractivity contribution in [2.24, 2.45) is 0 Å². The molecule has 2 aliphatic heterocycles. The summed E-state index contributed by atoms with van der Waals surface area (Å²) in [7, 11) is -3.94. The number of hydrogen-bond acceptors (Lipinski definition) is 5. The minimum Gasteiger partial charge on any atom is -0.480 e. The normalized spacial score (nSPS) is 22.1. The standard InChI is InChI=1S/C17H22IN3O5S/c18-13-3-5-14(6-4-13)27(25,26)21-10-9-20(11-15(21)17(23)24)16(22)12-19-7-1-2-8-19/h3-6,15H,1-2,7-12H2,(H,23,24)/t15-/m1/s1. The van der Waals surface area contributed by atoms with E-state index in [1.807, 2.05) is 4.90 Å². The van der Waals surface area contributed by atoms with Crippen LogP contribution in [0.15, 0.2) is 29.2 Å². The fourth-order valence-electron chi connectivity index (χ4n) is 3.46. The molecule has 0 radical (unpaired) electrons. The van der Waals surface area contributed by atoms with E-state index in [0.717, 1.165) is 33.8 Å². The molecule has 1 N–H and O–H groups in total. The Labute approximate surface area is 172 Å². The lowest BCUT2D eigenvalue weighted by Crippen LogP contribution is -2.60. The van der Waals surface area contributed by atoms with Crippen LogP contribution < -0.4 is 0 Å². The van der Waals surface area contributed by atoms with E-state index >= 15 is 0 Å². The van der Waals surface area contributed by atoms with Gasteiger partial charge in [0.05, 0.1) is 11.4 Å². The van der Waals surface area contributed by atoms with Crippen molar-refractivity contribution >= 4 is 44.5 Å². The number of aliphatic carboxylic acids is 1. The van der Waals surface area contributed by atoms with Gasteiger partial charge in [0.15, 0.2) is 0 Å². The Bertz CT molecular complexity index is 808. The maximum Gasteiger partial charge on any atom is 0.323 e. The zero-order chi connectivity index (χ0) is 19.6. The molecule has 0 aliphatic carbocycles. The van der Waals surface area contributed by atoms with Gasteiger partial charge < -0.3 is 10.0 Å². The topological polar surface area (TPSA) is 98.2 Å². The molecule has 1 aromatic rings. The first-order chi connectivity index (χ1) is 12.8. The van der Waals surface area contributed by atoms with Gasteiger partial charge in [0.1, 0.15) is 6.04 Å². The molecule has 0 aromatic heterocycles. The van der Waals surface area contributed by atoms with E-state index in [0.29, 0.717) is 0 Å². The highest BCUT2D eigenvalue weighted by Crippen LogP contribution is 2.23. The highest BCUT2D eigenvalue weighted by atomic mass is 127. The molecule has 0 unspecified atom stereocenters. The van der Waals surface area contributed by atoms with Crippen molar-refractivity contribution in [1.82, 2.24) is 14.1 Å². The van der Waals surface area contributed by atoms with Crippen LogP contribution in [0.1, 0.15) is 12.8 Å². The van der Waals surface area contributed by atoms with Crippen molar-refractivity contribution in [3.63, 3.8) is 0 Å². The molecule has 148 valence electrons. The second kappa shape index (κ2) is 8.41. The summed E-state index contributed by atoms with van der Waals surface area (Å²) in [5, 5.41) is 9.59. The van der Waals surface area contributed by atoms with Crippen molar-refractivity contribution in [3.05, 3.63) is 27.8 Å². The van der Waals surface area contributed by atoms with Crippen LogP contribution in [0.25, 0.3) is 0 Å². The summed E-state index contributed by atoms with van der Waals surface area (Å²) in [5.41, 5.74) is 0. The number of nitrogens with zero attached hydrogens (tertiary/aromatic N) is 3. The number of carbonyl (C=O) groups is 2. The molecule has 0 bridgehead atoms. The molecule has 2 heterocycles. The Balaban J connectivity index is 1.75. The van der Waals surface area contributed by atoms with Gasteiger partial charge in [-0.3, -0.25) is 14.5 Å². The summed E-state index contributed by atoms with van der Waals surface area (Å²) in [4.78, 5) is 27.8. The average Bonchev–Trinajstić information content (AvgIpc) is 3.14. The zero-order valence-corrected chi connectivity index (χ0v) is 17.7. The summed E-state index contributed by atoms with van der Waals surface area (Å²) in [6.45, 7) is 2.03. The third-order valence-corrected chi connectivity index (χ3v) is 7.59. The lowest BCUT2D eigenvalue weighted by molar-refractivity contribution is -0.146. The Morgan fingerprint density at radius 3 is 2.30 bits per heavy atom. The fraction of sp³-hybridized carbons (Fsp3) is 0.529. The molecule has 8 nitrogen and oxygen atoms in total. The number of benzene rings is 1. The van der Waals surface area contributed by atoms with Gasteiger partial charge in [-0.2, -0.15) is 4.31 Å². The van der Waals surface area contributed by atoms with Gasteiger partial charge in [0.25, 0.3) is 0 Å². The highest BCUT2D eigenvalue weighted by Gasteiger charge is 2.41. The number of halogens is 1. The summed E-state index contributed by atoms with van der Waals surface area (Å²) >= 11 is 2.07. The van der Waals surface area contributed by atoms with Gasteiger partial charge >= 0.3 is 5.97 Å². The number of hydrogen-bond donors (Lipinski definition) is 1. The van der Waals surface area contributed by atoms with E-state index in [4.69, 9.17) is 0 Å². The predicted molar refractivity (Wildman–Crippen MR) is 107 cm³/mol. The van der Waals surface area contributed by atoms with E-state index in [9.17, 15) is 23.1 Å². The number of carbonyl (C=O) groups excluding carboxylic acids is 1. The van der Waals surface area contributed by atoms with Gasteiger partial charge in [0, 0.05) is 23.2 Å². The first-order valence-electron chi connectivity index (χ1n) is 8.79. The van der Waals surface area contributed by atoms with Crippen molar-refractivity contribution < 1.29 is 23.1 Å². The molecular weight excluding hydrogens is 485 g/mol. The second-order valence-electron chi connectivity index (χ2n) is 6.75. The number of carboxylic acid groups (broad SMARTS) is 1.